The van der Waals surface area contributed by atoms with Gasteiger partial charge in [-0.15, -0.1) is 0 Å². The van der Waals surface area contributed by atoms with Crippen molar-refractivity contribution in [1.82, 2.24) is 20.1 Å². The zero-order chi connectivity index (χ0) is 17.4. The molecule has 0 aliphatic carbocycles. The molecule has 1 saturated heterocycles. The van der Waals surface area contributed by atoms with E-state index in [2.05, 4.69) is 15.2 Å². The van der Waals surface area contributed by atoms with Crippen molar-refractivity contribution in [3.05, 3.63) is 36.2 Å². The Kier molecular flexibility index (Phi) is 6.93. The van der Waals surface area contributed by atoms with Crippen LogP contribution in [0.25, 0.3) is 6.08 Å². The van der Waals surface area contributed by atoms with E-state index in [-0.39, 0.29) is 17.9 Å². The molecule has 1 unspecified atom stereocenters. The Labute approximate surface area is 143 Å². The van der Waals surface area contributed by atoms with Crippen LogP contribution in [0.4, 0.5) is 0 Å². The van der Waals surface area contributed by atoms with E-state index in [1.165, 1.54) is 6.08 Å². The monoisotopic (exact) mass is 330 g/mol. The number of aromatic nitrogens is 1. The van der Waals surface area contributed by atoms with Crippen molar-refractivity contribution in [2.45, 2.75) is 25.3 Å². The quantitative estimate of drug-likeness (QED) is 0.602. The summed E-state index contributed by atoms with van der Waals surface area (Å²) in [5.74, 6) is 0.0668. The van der Waals surface area contributed by atoms with Crippen molar-refractivity contribution in [3.8, 4) is 0 Å². The van der Waals surface area contributed by atoms with Gasteiger partial charge in [0.05, 0.1) is 6.04 Å². The third-order valence-corrected chi connectivity index (χ3v) is 4.12. The highest BCUT2D eigenvalue weighted by molar-refractivity contribution is 5.91. The first-order chi connectivity index (χ1) is 11.6. The van der Waals surface area contributed by atoms with Gasteiger partial charge in [0.25, 0.3) is 0 Å². The molecule has 1 aromatic heterocycles. The van der Waals surface area contributed by atoms with Crippen molar-refractivity contribution >= 4 is 17.9 Å². The highest BCUT2D eigenvalue weighted by atomic mass is 16.2. The normalized spacial score (nSPS) is 18.0. The van der Waals surface area contributed by atoms with Crippen molar-refractivity contribution in [3.63, 3.8) is 0 Å². The molecule has 1 atom stereocenters. The number of likely N-dealkylation sites (tertiary alicyclic amines) is 1. The SMILES string of the molecule is CN(C)C(=O)C1CCCN1CCCNC(=O)/C=C/c1cccnc1. The first-order valence-corrected chi connectivity index (χ1v) is 8.39. The molecule has 2 amide bonds. The molecule has 6 nitrogen and oxygen atoms in total. The molecule has 1 N–H and O–H groups in total. The molecular formula is C18H26N4O2. The minimum absolute atomic E-state index is 0.00109. The van der Waals surface area contributed by atoms with Crippen molar-refractivity contribution < 1.29 is 9.59 Å². The van der Waals surface area contributed by atoms with Gasteiger partial charge in [0.15, 0.2) is 0 Å². The van der Waals surface area contributed by atoms with Gasteiger partial charge >= 0.3 is 0 Å². The molecule has 24 heavy (non-hydrogen) atoms. The summed E-state index contributed by atoms with van der Waals surface area (Å²) < 4.78 is 0. The van der Waals surface area contributed by atoms with E-state index in [0.29, 0.717) is 6.54 Å². The molecule has 0 aromatic carbocycles. The van der Waals surface area contributed by atoms with Gasteiger partial charge < -0.3 is 10.2 Å². The molecule has 6 heteroatoms. The van der Waals surface area contributed by atoms with E-state index in [1.54, 1.807) is 37.5 Å². The van der Waals surface area contributed by atoms with Gasteiger partial charge in [-0.2, -0.15) is 0 Å². The maximum atomic E-state index is 12.1. The standard InChI is InChI=1S/C18H26N4O2/c1-21(2)18(24)16-7-4-12-22(16)13-5-11-20-17(23)9-8-15-6-3-10-19-14-15/h3,6,8-10,14,16H,4-5,7,11-13H2,1-2H3,(H,20,23)/b9-8+. The van der Waals surface area contributed by atoms with E-state index in [9.17, 15) is 9.59 Å². The van der Waals surface area contributed by atoms with Crippen molar-refractivity contribution in [2.24, 2.45) is 0 Å². The molecule has 2 heterocycles. The summed E-state index contributed by atoms with van der Waals surface area (Å²) in [5.41, 5.74) is 0.898. The molecule has 1 aromatic rings. The minimum Gasteiger partial charge on any atom is -0.353 e. The molecule has 1 aliphatic rings. The third-order valence-electron chi connectivity index (χ3n) is 4.12. The first kappa shape index (κ1) is 18.1. The van der Waals surface area contributed by atoms with Crippen LogP contribution in [0, 0.1) is 0 Å². The number of hydrogen-bond donors (Lipinski definition) is 1. The second kappa shape index (κ2) is 9.17. The van der Waals surface area contributed by atoms with Crippen molar-refractivity contribution in [1.29, 1.82) is 0 Å². The van der Waals surface area contributed by atoms with Crippen LogP contribution in [0.2, 0.25) is 0 Å². The summed E-state index contributed by atoms with van der Waals surface area (Å²) in [6.45, 7) is 2.39. The van der Waals surface area contributed by atoms with Crippen LogP contribution in [0.5, 0.6) is 0 Å². The number of nitrogens with zero attached hydrogens (tertiary/aromatic N) is 3. The molecule has 0 spiro atoms. The summed E-state index contributed by atoms with van der Waals surface area (Å²) in [4.78, 5) is 31.8. The summed E-state index contributed by atoms with van der Waals surface area (Å²) in [7, 11) is 3.60. The molecule has 0 bridgehead atoms. The lowest BCUT2D eigenvalue weighted by atomic mass is 10.2. The molecule has 1 fully saturated rings. The van der Waals surface area contributed by atoms with Crippen LogP contribution in [0.1, 0.15) is 24.8 Å². The average Bonchev–Trinajstić information content (AvgIpc) is 3.05. The predicted molar refractivity (Wildman–Crippen MR) is 94.2 cm³/mol. The van der Waals surface area contributed by atoms with Crippen LogP contribution in [0.15, 0.2) is 30.6 Å². The first-order valence-electron chi connectivity index (χ1n) is 8.39. The zero-order valence-electron chi connectivity index (χ0n) is 14.4. The Balaban J connectivity index is 1.68. The lowest BCUT2D eigenvalue weighted by Gasteiger charge is -2.25. The van der Waals surface area contributed by atoms with Crippen LogP contribution in [-0.2, 0) is 9.59 Å². The molecular weight excluding hydrogens is 304 g/mol. The topological polar surface area (TPSA) is 65.5 Å². The Morgan fingerprint density at radius 2 is 2.29 bits per heavy atom. The minimum atomic E-state index is -0.110. The van der Waals surface area contributed by atoms with Crippen molar-refractivity contribution in [2.75, 3.05) is 33.7 Å². The highest BCUT2D eigenvalue weighted by Gasteiger charge is 2.30. The van der Waals surface area contributed by atoms with Crippen LogP contribution >= 0.6 is 0 Å². The predicted octanol–water partition coefficient (Wildman–Crippen LogP) is 1.15. The summed E-state index contributed by atoms with van der Waals surface area (Å²) in [5, 5.41) is 2.88. The number of nitrogens with one attached hydrogen (secondary N) is 1. The lowest BCUT2D eigenvalue weighted by molar-refractivity contribution is -0.133. The molecule has 1 aliphatic heterocycles. The lowest BCUT2D eigenvalue weighted by Crippen LogP contribution is -2.43. The Hall–Kier alpha value is -2.21. The number of likely N-dealkylation sites (N-methyl/N-ethyl adjacent to an activating group) is 1. The number of amides is 2. The number of carbonyl (C=O) groups excluding carboxylic acids is 2. The van der Waals surface area contributed by atoms with Gasteiger partial charge in [0.2, 0.25) is 11.8 Å². The molecule has 0 saturated carbocycles. The molecule has 130 valence electrons. The van der Waals surface area contributed by atoms with Crippen LogP contribution in [-0.4, -0.2) is 66.4 Å². The maximum Gasteiger partial charge on any atom is 0.244 e. The van der Waals surface area contributed by atoms with Gasteiger partial charge in [-0.05, 0) is 43.5 Å². The van der Waals surface area contributed by atoms with E-state index in [1.807, 2.05) is 12.1 Å². The van der Waals surface area contributed by atoms with Crippen LogP contribution < -0.4 is 5.32 Å². The number of pyridine rings is 1. The number of rotatable bonds is 7. The summed E-state index contributed by atoms with van der Waals surface area (Å²) in [6, 6.07) is 3.73. The fourth-order valence-electron chi connectivity index (χ4n) is 2.87. The molecule has 2 rings (SSSR count). The highest BCUT2D eigenvalue weighted by Crippen LogP contribution is 2.18. The van der Waals surface area contributed by atoms with Gasteiger partial charge in [-0.1, -0.05) is 6.07 Å². The fraction of sp³-hybridized carbons (Fsp3) is 0.500. The van der Waals surface area contributed by atoms with Gasteiger partial charge in [0, 0.05) is 45.7 Å². The largest absolute Gasteiger partial charge is 0.353 e. The van der Waals surface area contributed by atoms with E-state index in [4.69, 9.17) is 0 Å². The van der Waals surface area contributed by atoms with Gasteiger partial charge in [-0.25, -0.2) is 0 Å². The number of carbonyl (C=O) groups is 2. The van der Waals surface area contributed by atoms with E-state index >= 15 is 0 Å². The maximum absolute atomic E-state index is 12.1. The summed E-state index contributed by atoms with van der Waals surface area (Å²) >= 11 is 0. The van der Waals surface area contributed by atoms with Gasteiger partial charge in [-0.3, -0.25) is 19.5 Å². The van der Waals surface area contributed by atoms with E-state index < -0.39 is 0 Å². The zero-order valence-corrected chi connectivity index (χ0v) is 14.4. The Morgan fingerprint density at radius 3 is 3.00 bits per heavy atom. The Bertz CT molecular complexity index is 572. The van der Waals surface area contributed by atoms with E-state index in [0.717, 1.165) is 37.9 Å². The average molecular weight is 330 g/mol. The Morgan fingerprint density at radius 1 is 1.46 bits per heavy atom. The van der Waals surface area contributed by atoms with Crippen LogP contribution in [0.3, 0.4) is 0 Å². The summed E-state index contributed by atoms with van der Waals surface area (Å²) in [6.07, 6.45) is 9.49. The number of hydrogen-bond acceptors (Lipinski definition) is 4. The smallest absolute Gasteiger partial charge is 0.244 e. The second-order valence-corrected chi connectivity index (χ2v) is 6.19. The fourth-order valence-corrected chi connectivity index (χ4v) is 2.87. The second-order valence-electron chi connectivity index (χ2n) is 6.19. The molecule has 0 radical (unpaired) electrons. The third kappa shape index (κ3) is 5.45. The van der Waals surface area contributed by atoms with Gasteiger partial charge in [0.1, 0.15) is 0 Å².